The summed E-state index contributed by atoms with van der Waals surface area (Å²) in [6.45, 7) is 1.71. The van der Waals surface area contributed by atoms with Crippen molar-refractivity contribution in [2.45, 2.75) is 29.0 Å². The molecule has 0 amide bonds. The van der Waals surface area contributed by atoms with Crippen molar-refractivity contribution < 1.29 is 21.6 Å². The highest BCUT2D eigenvalue weighted by molar-refractivity contribution is 7.93. The monoisotopic (exact) mass is 305 g/mol. The Hall–Kier alpha value is -1.08. The molecule has 3 rings (SSSR count). The van der Waals surface area contributed by atoms with Crippen LogP contribution in [0.4, 0.5) is 13.2 Å². The van der Waals surface area contributed by atoms with Gasteiger partial charge in [0.05, 0.1) is 0 Å². The summed E-state index contributed by atoms with van der Waals surface area (Å²) in [4.78, 5) is 0. The molecule has 3 nitrogen and oxygen atoms in total. The SMILES string of the molecule is O=S(=O)(C(F)(F)F)C1(c2ccc(C3CNC3)cc2)CC1. The minimum Gasteiger partial charge on any atom is -0.315 e. The molecule has 1 aromatic carbocycles. The summed E-state index contributed by atoms with van der Waals surface area (Å²) >= 11 is 0. The number of halogens is 3. The first-order chi connectivity index (χ1) is 9.28. The van der Waals surface area contributed by atoms with Crippen LogP contribution in [0.1, 0.15) is 29.9 Å². The summed E-state index contributed by atoms with van der Waals surface area (Å²) in [5.41, 5.74) is -3.90. The molecule has 0 radical (unpaired) electrons. The van der Waals surface area contributed by atoms with Crippen molar-refractivity contribution >= 4 is 9.84 Å². The summed E-state index contributed by atoms with van der Waals surface area (Å²) in [7, 11) is -5.15. The predicted molar refractivity (Wildman–Crippen MR) is 67.9 cm³/mol. The normalized spacial score (nSPS) is 22.4. The van der Waals surface area contributed by atoms with E-state index in [1.54, 1.807) is 12.1 Å². The van der Waals surface area contributed by atoms with Crippen LogP contribution in [0.25, 0.3) is 0 Å². The van der Waals surface area contributed by atoms with Crippen LogP contribution in [-0.4, -0.2) is 27.0 Å². The summed E-state index contributed by atoms with van der Waals surface area (Å²) < 4.78 is 59.8. The molecule has 20 heavy (non-hydrogen) atoms. The summed E-state index contributed by atoms with van der Waals surface area (Å²) in [5, 5.41) is 3.12. The van der Waals surface area contributed by atoms with Crippen molar-refractivity contribution in [3.05, 3.63) is 35.4 Å². The molecule has 0 atom stereocenters. The number of benzene rings is 1. The van der Waals surface area contributed by atoms with E-state index in [0.29, 0.717) is 5.92 Å². The van der Waals surface area contributed by atoms with Gasteiger partial charge in [-0.3, -0.25) is 0 Å². The molecule has 1 heterocycles. The zero-order valence-electron chi connectivity index (χ0n) is 10.6. The quantitative estimate of drug-likeness (QED) is 0.932. The topological polar surface area (TPSA) is 46.2 Å². The van der Waals surface area contributed by atoms with Gasteiger partial charge in [-0.25, -0.2) is 8.42 Å². The van der Waals surface area contributed by atoms with E-state index in [4.69, 9.17) is 0 Å². The molecule has 0 aromatic heterocycles. The third kappa shape index (κ3) is 1.87. The van der Waals surface area contributed by atoms with Gasteiger partial charge in [-0.15, -0.1) is 0 Å². The van der Waals surface area contributed by atoms with Gasteiger partial charge < -0.3 is 5.32 Å². The maximum absolute atomic E-state index is 12.7. The standard InChI is InChI=1S/C13H14F3NO2S/c14-13(15,16)20(18,19)12(5-6-12)11-3-1-9(2-4-11)10-7-17-8-10/h1-4,10,17H,5-8H2. The van der Waals surface area contributed by atoms with Gasteiger partial charge in [-0.2, -0.15) is 13.2 Å². The van der Waals surface area contributed by atoms with Crippen molar-refractivity contribution in [2.75, 3.05) is 13.1 Å². The second kappa shape index (κ2) is 4.21. The van der Waals surface area contributed by atoms with Crippen LogP contribution >= 0.6 is 0 Å². The third-order valence-corrected chi connectivity index (χ3v) is 6.50. The van der Waals surface area contributed by atoms with Crippen LogP contribution in [0.5, 0.6) is 0 Å². The predicted octanol–water partition coefficient (Wildman–Crippen LogP) is 2.30. The molecular formula is C13H14F3NO2S. The van der Waals surface area contributed by atoms with E-state index in [0.717, 1.165) is 18.7 Å². The van der Waals surface area contributed by atoms with Gasteiger partial charge in [0.15, 0.2) is 0 Å². The van der Waals surface area contributed by atoms with Crippen LogP contribution in [0.15, 0.2) is 24.3 Å². The highest BCUT2D eigenvalue weighted by atomic mass is 32.2. The van der Waals surface area contributed by atoms with Crippen LogP contribution in [0.2, 0.25) is 0 Å². The van der Waals surface area contributed by atoms with Crippen molar-refractivity contribution in [1.29, 1.82) is 0 Å². The lowest BCUT2D eigenvalue weighted by molar-refractivity contribution is -0.0448. The van der Waals surface area contributed by atoms with Crippen LogP contribution < -0.4 is 5.32 Å². The van der Waals surface area contributed by atoms with Gasteiger partial charge in [0.1, 0.15) is 4.75 Å². The average Bonchev–Trinajstić information content (AvgIpc) is 3.07. The Kier molecular flexibility index (Phi) is 2.92. The number of hydrogen-bond donors (Lipinski definition) is 1. The van der Waals surface area contributed by atoms with Crippen LogP contribution in [0, 0.1) is 0 Å². The Morgan fingerprint density at radius 3 is 2.00 bits per heavy atom. The molecule has 1 saturated carbocycles. The minimum atomic E-state index is -5.19. The Balaban J connectivity index is 1.92. The van der Waals surface area contributed by atoms with E-state index in [2.05, 4.69) is 5.32 Å². The smallest absolute Gasteiger partial charge is 0.315 e. The van der Waals surface area contributed by atoms with Crippen LogP contribution in [-0.2, 0) is 14.6 Å². The molecule has 2 aliphatic rings. The number of rotatable bonds is 3. The Morgan fingerprint density at radius 2 is 1.65 bits per heavy atom. The highest BCUT2D eigenvalue weighted by Crippen LogP contribution is 2.57. The van der Waals surface area contributed by atoms with Gasteiger partial charge in [-0.05, 0) is 24.0 Å². The molecule has 1 aliphatic heterocycles. The zero-order valence-corrected chi connectivity index (χ0v) is 11.4. The Morgan fingerprint density at radius 1 is 1.10 bits per heavy atom. The van der Waals surface area contributed by atoms with Crippen molar-refractivity contribution in [2.24, 2.45) is 0 Å². The molecule has 0 unspecified atom stereocenters. The fourth-order valence-electron chi connectivity index (χ4n) is 2.63. The van der Waals surface area contributed by atoms with Crippen molar-refractivity contribution in [1.82, 2.24) is 5.32 Å². The lowest BCUT2D eigenvalue weighted by atomic mass is 9.92. The largest absolute Gasteiger partial charge is 0.498 e. The molecule has 0 spiro atoms. The van der Waals surface area contributed by atoms with Crippen molar-refractivity contribution in [3.8, 4) is 0 Å². The Bertz CT molecular complexity index is 614. The molecule has 1 aliphatic carbocycles. The molecule has 110 valence electrons. The second-order valence-electron chi connectivity index (χ2n) is 5.42. The van der Waals surface area contributed by atoms with Gasteiger partial charge in [0.2, 0.25) is 0 Å². The lowest BCUT2D eigenvalue weighted by Crippen LogP contribution is -2.39. The lowest BCUT2D eigenvalue weighted by Gasteiger charge is -2.28. The number of alkyl halides is 3. The highest BCUT2D eigenvalue weighted by Gasteiger charge is 2.66. The maximum Gasteiger partial charge on any atom is 0.498 e. The first-order valence-electron chi connectivity index (χ1n) is 6.40. The van der Waals surface area contributed by atoms with Crippen molar-refractivity contribution in [3.63, 3.8) is 0 Å². The Labute approximate surface area is 115 Å². The van der Waals surface area contributed by atoms with Gasteiger partial charge in [0, 0.05) is 19.0 Å². The summed E-state index contributed by atoms with van der Waals surface area (Å²) in [6.07, 6.45) is 0.0817. The van der Waals surface area contributed by atoms with E-state index >= 15 is 0 Å². The molecule has 2 fully saturated rings. The zero-order chi connectivity index (χ0) is 14.6. The summed E-state index contributed by atoms with van der Waals surface area (Å²) in [5.74, 6) is 0.374. The maximum atomic E-state index is 12.7. The first-order valence-corrected chi connectivity index (χ1v) is 7.88. The third-order valence-electron chi connectivity index (χ3n) is 4.21. The van der Waals surface area contributed by atoms with Gasteiger partial charge in [0.25, 0.3) is 9.84 Å². The van der Waals surface area contributed by atoms with E-state index in [1.807, 2.05) is 0 Å². The van der Waals surface area contributed by atoms with E-state index in [9.17, 15) is 21.6 Å². The van der Waals surface area contributed by atoms with Gasteiger partial charge in [-0.1, -0.05) is 24.3 Å². The minimum absolute atomic E-state index is 0.0408. The molecule has 1 N–H and O–H groups in total. The average molecular weight is 305 g/mol. The molecule has 1 saturated heterocycles. The summed E-state index contributed by atoms with van der Waals surface area (Å²) in [6, 6.07) is 6.55. The number of hydrogen-bond acceptors (Lipinski definition) is 3. The van der Waals surface area contributed by atoms with E-state index < -0.39 is 20.1 Å². The first kappa shape index (κ1) is 13.9. The fraction of sp³-hybridized carbons (Fsp3) is 0.538. The van der Waals surface area contributed by atoms with Crippen LogP contribution in [0.3, 0.4) is 0 Å². The molecule has 1 aromatic rings. The van der Waals surface area contributed by atoms with E-state index in [-0.39, 0.29) is 18.4 Å². The fourth-order valence-corrected chi connectivity index (χ4v) is 4.16. The molecular weight excluding hydrogens is 291 g/mol. The molecule has 7 heteroatoms. The van der Waals surface area contributed by atoms with E-state index in [1.165, 1.54) is 12.1 Å². The number of nitrogens with one attached hydrogen (secondary N) is 1. The number of sulfone groups is 1. The second-order valence-corrected chi connectivity index (χ2v) is 7.67. The molecule has 0 bridgehead atoms. The van der Waals surface area contributed by atoms with Gasteiger partial charge >= 0.3 is 5.51 Å².